The number of benzene rings is 1. The monoisotopic (exact) mass is 332 g/mol. The number of methoxy groups -OCH3 is 2. The van der Waals surface area contributed by atoms with Crippen molar-refractivity contribution in [1.29, 1.82) is 0 Å². The Morgan fingerprint density at radius 2 is 1.87 bits per heavy atom. The highest BCUT2D eigenvalue weighted by Crippen LogP contribution is 2.39. The van der Waals surface area contributed by atoms with E-state index in [0.29, 0.717) is 0 Å². The molecule has 5 heteroatoms. The molecule has 0 radical (unpaired) electrons. The number of nitrogens with zero attached hydrogens (tertiary/aromatic N) is 1. The molecular formula is C18H24N2O2S. The summed E-state index contributed by atoms with van der Waals surface area (Å²) < 4.78 is 11.0. The zero-order valence-corrected chi connectivity index (χ0v) is 14.8. The quantitative estimate of drug-likeness (QED) is 0.912. The second-order valence-corrected chi connectivity index (χ2v) is 7.06. The van der Waals surface area contributed by atoms with Gasteiger partial charge in [-0.1, -0.05) is 0 Å². The van der Waals surface area contributed by atoms with Gasteiger partial charge in [-0.2, -0.15) is 0 Å². The first-order valence-corrected chi connectivity index (χ1v) is 8.77. The second-order valence-electron chi connectivity index (χ2n) is 5.74. The molecule has 124 valence electrons. The Morgan fingerprint density at radius 1 is 1.09 bits per heavy atom. The van der Waals surface area contributed by atoms with Gasteiger partial charge in [0.05, 0.1) is 20.3 Å². The lowest BCUT2D eigenvalue weighted by Crippen LogP contribution is -2.45. The standard InChI is InChI=1S/C18H24N2O2S/c1-13-4-7-17(23-13)18(20-10-8-19-9-11-20)15-6-5-14(21-2)12-16(15)22-3/h4-7,12,18-19H,8-11H2,1-3H3. The Bertz CT molecular complexity index is 650. The Balaban J connectivity index is 2.03. The Morgan fingerprint density at radius 3 is 2.48 bits per heavy atom. The van der Waals surface area contributed by atoms with Crippen LogP contribution in [0.15, 0.2) is 30.3 Å². The van der Waals surface area contributed by atoms with Gasteiger partial charge in [-0.3, -0.25) is 4.90 Å². The summed E-state index contributed by atoms with van der Waals surface area (Å²) in [5.74, 6) is 1.71. The largest absolute Gasteiger partial charge is 0.497 e. The zero-order chi connectivity index (χ0) is 16.2. The Hall–Kier alpha value is -1.56. The van der Waals surface area contributed by atoms with Crippen molar-refractivity contribution in [2.24, 2.45) is 0 Å². The number of aryl methyl sites for hydroxylation is 1. The average Bonchev–Trinajstić information content (AvgIpc) is 3.02. The van der Waals surface area contributed by atoms with Crippen molar-refractivity contribution in [2.45, 2.75) is 13.0 Å². The highest BCUT2D eigenvalue weighted by molar-refractivity contribution is 7.12. The van der Waals surface area contributed by atoms with Crippen LogP contribution in [0, 0.1) is 6.92 Å². The molecule has 2 heterocycles. The van der Waals surface area contributed by atoms with Crippen LogP contribution in [0.1, 0.15) is 21.4 Å². The summed E-state index contributed by atoms with van der Waals surface area (Å²) in [5, 5.41) is 3.44. The molecule has 23 heavy (non-hydrogen) atoms. The van der Waals surface area contributed by atoms with Crippen LogP contribution in [0.4, 0.5) is 0 Å². The third kappa shape index (κ3) is 3.52. The van der Waals surface area contributed by atoms with Crippen molar-refractivity contribution in [2.75, 3.05) is 40.4 Å². The summed E-state index contributed by atoms with van der Waals surface area (Å²) in [4.78, 5) is 5.24. The van der Waals surface area contributed by atoms with Crippen molar-refractivity contribution in [1.82, 2.24) is 10.2 Å². The minimum absolute atomic E-state index is 0.233. The van der Waals surface area contributed by atoms with Gasteiger partial charge in [0.25, 0.3) is 0 Å². The summed E-state index contributed by atoms with van der Waals surface area (Å²) >= 11 is 1.86. The molecule has 1 aliphatic rings. The molecule has 0 saturated carbocycles. The lowest BCUT2D eigenvalue weighted by atomic mass is 10.0. The van der Waals surface area contributed by atoms with Crippen LogP contribution in [-0.2, 0) is 0 Å². The lowest BCUT2D eigenvalue weighted by Gasteiger charge is -2.35. The summed E-state index contributed by atoms with van der Waals surface area (Å²) in [6.45, 7) is 6.29. The highest BCUT2D eigenvalue weighted by atomic mass is 32.1. The maximum Gasteiger partial charge on any atom is 0.127 e. The van der Waals surface area contributed by atoms with Gasteiger partial charge in [-0.25, -0.2) is 0 Å². The van der Waals surface area contributed by atoms with E-state index in [-0.39, 0.29) is 6.04 Å². The minimum atomic E-state index is 0.233. The van der Waals surface area contributed by atoms with Crippen LogP contribution in [0.3, 0.4) is 0 Å². The number of hydrogen-bond acceptors (Lipinski definition) is 5. The summed E-state index contributed by atoms with van der Waals surface area (Å²) in [7, 11) is 3.41. The van der Waals surface area contributed by atoms with E-state index < -0.39 is 0 Å². The van der Waals surface area contributed by atoms with Crippen molar-refractivity contribution >= 4 is 11.3 Å². The molecule has 0 bridgehead atoms. The molecule has 1 fully saturated rings. The number of nitrogens with one attached hydrogen (secondary N) is 1. The fourth-order valence-corrected chi connectivity index (χ4v) is 4.15. The molecule has 1 aromatic heterocycles. The highest BCUT2D eigenvalue weighted by Gasteiger charge is 2.27. The SMILES string of the molecule is COc1ccc(C(c2ccc(C)s2)N2CCNCC2)c(OC)c1. The molecule has 1 aromatic carbocycles. The van der Waals surface area contributed by atoms with E-state index in [1.807, 2.05) is 23.5 Å². The summed E-state index contributed by atoms with van der Waals surface area (Å²) in [5.41, 5.74) is 1.21. The van der Waals surface area contributed by atoms with E-state index in [1.165, 1.54) is 15.3 Å². The molecule has 1 atom stereocenters. The van der Waals surface area contributed by atoms with Gasteiger partial charge in [-0.05, 0) is 31.2 Å². The first-order chi connectivity index (χ1) is 11.2. The predicted octanol–water partition coefficient (Wildman–Crippen LogP) is 3.07. The normalized spacial score (nSPS) is 17.0. The van der Waals surface area contributed by atoms with Gasteiger partial charge < -0.3 is 14.8 Å². The maximum absolute atomic E-state index is 5.67. The van der Waals surface area contributed by atoms with Gasteiger partial charge in [0, 0.05) is 47.6 Å². The number of rotatable bonds is 5. The van der Waals surface area contributed by atoms with E-state index in [1.54, 1.807) is 14.2 Å². The van der Waals surface area contributed by atoms with Crippen molar-refractivity contribution in [3.8, 4) is 11.5 Å². The van der Waals surface area contributed by atoms with Crippen LogP contribution in [0.2, 0.25) is 0 Å². The van der Waals surface area contributed by atoms with E-state index >= 15 is 0 Å². The molecule has 1 unspecified atom stereocenters. The van der Waals surface area contributed by atoms with Crippen LogP contribution >= 0.6 is 11.3 Å². The Kier molecular flexibility index (Phi) is 5.20. The zero-order valence-electron chi connectivity index (χ0n) is 14.0. The van der Waals surface area contributed by atoms with Gasteiger partial charge in [-0.15, -0.1) is 11.3 Å². The lowest BCUT2D eigenvalue weighted by molar-refractivity contribution is 0.197. The third-order valence-corrected chi connectivity index (χ3v) is 5.34. The number of piperazine rings is 1. The fourth-order valence-electron chi connectivity index (χ4n) is 3.11. The number of thiophene rings is 1. The number of hydrogen-bond donors (Lipinski definition) is 1. The molecule has 1 aliphatic heterocycles. The summed E-state index contributed by atoms with van der Waals surface area (Å²) in [6.07, 6.45) is 0. The smallest absolute Gasteiger partial charge is 0.127 e. The van der Waals surface area contributed by atoms with E-state index in [2.05, 4.69) is 35.3 Å². The first kappa shape index (κ1) is 16.3. The molecule has 0 amide bonds. The fraction of sp³-hybridized carbons (Fsp3) is 0.444. The molecule has 1 saturated heterocycles. The van der Waals surface area contributed by atoms with E-state index in [9.17, 15) is 0 Å². The van der Waals surface area contributed by atoms with E-state index in [4.69, 9.17) is 9.47 Å². The molecule has 0 aliphatic carbocycles. The van der Waals surface area contributed by atoms with Gasteiger partial charge in [0.1, 0.15) is 11.5 Å². The first-order valence-electron chi connectivity index (χ1n) is 7.96. The maximum atomic E-state index is 5.67. The van der Waals surface area contributed by atoms with Crippen molar-refractivity contribution in [3.05, 3.63) is 45.6 Å². The molecule has 0 spiro atoms. The third-order valence-electron chi connectivity index (χ3n) is 4.28. The van der Waals surface area contributed by atoms with Gasteiger partial charge in [0.15, 0.2) is 0 Å². The minimum Gasteiger partial charge on any atom is -0.497 e. The Labute approximate surface area is 142 Å². The van der Waals surface area contributed by atoms with Crippen LogP contribution < -0.4 is 14.8 Å². The molecule has 4 nitrogen and oxygen atoms in total. The van der Waals surface area contributed by atoms with Crippen LogP contribution in [0.5, 0.6) is 11.5 Å². The van der Waals surface area contributed by atoms with Crippen molar-refractivity contribution in [3.63, 3.8) is 0 Å². The second kappa shape index (κ2) is 7.34. The predicted molar refractivity (Wildman–Crippen MR) is 94.9 cm³/mol. The van der Waals surface area contributed by atoms with Gasteiger partial charge >= 0.3 is 0 Å². The summed E-state index contributed by atoms with van der Waals surface area (Å²) in [6, 6.07) is 10.8. The van der Waals surface area contributed by atoms with Gasteiger partial charge in [0.2, 0.25) is 0 Å². The topological polar surface area (TPSA) is 33.7 Å². The average molecular weight is 332 g/mol. The molecular weight excluding hydrogens is 308 g/mol. The van der Waals surface area contributed by atoms with Crippen LogP contribution in [-0.4, -0.2) is 45.3 Å². The van der Waals surface area contributed by atoms with Crippen LogP contribution in [0.25, 0.3) is 0 Å². The van der Waals surface area contributed by atoms with E-state index in [0.717, 1.165) is 37.7 Å². The molecule has 3 rings (SSSR count). The molecule has 1 N–H and O–H groups in total. The van der Waals surface area contributed by atoms with Crippen molar-refractivity contribution < 1.29 is 9.47 Å². The molecule has 2 aromatic rings. The number of ether oxygens (including phenoxy) is 2.